The Morgan fingerprint density at radius 2 is 2.21 bits per heavy atom. The van der Waals surface area contributed by atoms with Gasteiger partial charge in [-0.1, -0.05) is 6.07 Å². The van der Waals surface area contributed by atoms with Gasteiger partial charge in [-0.2, -0.15) is 0 Å². The van der Waals surface area contributed by atoms with Gasteiger partial charge in [-0.3, -0.25) is 4.98 Å². The smallest absolute Gasteiger partial charge is 0.0750 e. The Morgan fingerprint density at radius 1 is 1.37 bits per heavy atom. The number of nitrogen functional groups attached to an aromatic ring is 1. The van der Waals surface area contributed by atoms with Gasteiger partial charge in [0.05, 0.1) is 23.5 Å². The number of pyridine rings is 1. The van der Waals surface area contributed by atoms with E-state index in [2.05, 4.69) is 36.0 Å². The van der Waals surface area contributed by atoms with E-state index in [1.54, 1.807) is 6.20 Å². The average Bonchev–Trinajstić information content (AvgIpc) is 2.85. The highest BCUT2D eigenvalue weighted by molar-refractivity contribution is 5.98. The molecular weight excluding hydrogens is 238 g/mol. The standard InChI is InChI=1S/C15H19N3O/c1-10-13(6-8-19-10)18(2)14-4-3-11-9-17-7-5-12(11)15(14)16/h3-5,7,9-10,13H,6,8,16H2,1-2H3. The van der Waals surface area contributed by atoms with Crippen molar-refractivity contribution in [1.29, 1.82) is 0 Å². The second-order valence-electron chi connectivity index (χ2n) is 5.14. The van der Waals surface area contributed by atoms with Gasteiger partial charge < -0.3 is 15.4 Å². The van der Waals surface area contributed by atoms with Crippen LogP contribution < -0.4 is 10.6 Å². The second kappa shape index (κ2) is 4.70. The Bertz CT molecular complexity index is 599. The van der Waals surface area contributed by atoms with Crippen LogP contribution in [-0.4, -0.2) is 30.8 Å². The number of nitrogens with zero attached hydrogens (tertiary/aromatic N) is 2. The predicted molar refractivity (Wildman–Crippen MR) is 78.4 cm³/mol. The molecule has 0 spiro atoms. The summed E-state index contributed by atoms with van der Waals surface area (Å²) < 4.78 is 5.64. The largest absolute Gasteiger partial charge is 0.397 e. The Morgan fingerprint density at radius 3 is 2.95 bits per heavy atom. The molecule has 2 atom stereocenters. The van der Waals surface area contributed by atoms with E-state index in [0.717, 1.165) is 35.2 Å². The molecule has 1 saturated heterocycles. The van der Waals surface area contributed by atoms with Gasteiger partial charge in [-0.25, -0.2) is 0 Å². The summed E-state index contributed by atoms with van der Waals surface area (Å²) in [5.41, 5.74) is 8.21. The topological polar surface area (TPSA) is 51.4 Å². The molecule has 1 fully saturated rings. The van der Waals surface area contributed by atoms with E-state index in [1.807, 2.05) is 12.3 Å². The summed E-state index contributed by atoms with van der Waals surface area (Å²) in [4.78, 5) is 6.37. The van der Waals surface area contributed by atoms with Crippen molar-refractivity contribution in [1.82, 2.24) is 4.98 Å². The van der Waals surface area contributed by atoms with Crippen molar-refractivity contribution in [2.45, 2.75) is 25.5 Å². The number of ether oxygens (including phenoxy) is 1. The van der Waals surface area contributed by atoms with Crippen LogP contribution in [0.15, 0.2) is 30.6 Å². The molecule has 0 bridgehead atoms. The van der Waals surface area contributed by atoms with E-state index in [0.29, 0.717) is 6.04 Å². The molecule has 2 aromatic rings. The zero-order chi connectivity index (χ0) is 13.4. The molecule has 2 heterocycles. The number of likely N-dealkylation sites (N-methyl/N-ethyl adjacent to an activating group) is 1. The zero-order valence-corrected chi connectivity index (χ0v) is 11.3. The van der Waals surface area contributed by atoms with Crippen LogP contribution in [0.2, 0.25) is 0 Å². The number of hydrogen-bond donors (Lipinski definition) is 1. The van der Waals surface area contributed by atoms with Crippen LogP contribution in [0.5, 0.6) is 0 Å². The van der Waals surface area contributed by atoms with Crippen LogP contribution in [0.1, 0.15) is 13.3 Å². The Labute approximate surface area is 113 Å². The number of benzene rings is 1. The molecule has 1 aliphatic heterocycles. The molecule has 2 unspecified atom stereocenters. The minimum atomic E-state index is 0.248. The highest BCUT2D eigenvalue weighted by atomic mass is 16.5. The van der Waals surface area contributed by atoms with Crippen molar-refractivity contribution in [2.75, 3.05) is 24.3 Å². The Balaban J connectivity index is 2.02. The lowest BCUT2D eigenvalue weighted by Crippen LogP contribution is -2.37. The number of aromatic nitrogens is 1. The normalized spacial score (nSPS) is 22.8. The molecule has 4 heteroatoms. The van der Waals surface area contributed by atoms with E-state index >= 15 is 0 Å². The van der Waals surface area contributed by atoms with Gasteiger partial charge >= 0.3 is 0 Å². The molecule has 19 heavy (non-hydrogen) atoms. The number of anilines is 2. The quantitative estimate of drug-likeness (QED) is 0.839. The summed E-state index contributed by atoms with van der Waals surface area (Å²) in [6.07, 6.45) is 4.92. The molecule has 100 valence electrons. The van der Waals surface area contributed by atoms with E-state index < -0.39 is 0 Å². The fourth-order valence-electron chi connectivity index (χ4n) is 2.90. The fourth-order valence-corrected chi connectivity index (χ4v) is 2.90. The van der Waals surface area contributed by atoms with E-state index in [9.17, 15) is 0 Å². The summed E-state index contributed by atoms with van der Waals surface area (Å²) in [6, 6.07) is 6.51. The Kier molecular flexibility index (Phi) is 3.03. The lowest BCUT2D eigenvalue weighted by molar-refractivity contribution is 0.118. The second-order valence-corrected chi connectivity index (χ2v) is 5.14. The maximum atomic E-state index is 6.32. The molecule has 0 saturated carbocycles. The number of fused-ring (bicyclic) bond motifs is 1. The zero-order valence-electron chi connectivity index (χ0n) is 11.3. The summed E-state index contributed by atoms with van der Waals surface area (Å²) in [6.45, 7) is 2.95. The molecule has 1 aromatic carbocycles. The van der Waals surface area contributed by atoms with Crippen LogP contribution in [-0.2, 0) is 4.74 Å². The molecular formula is C15H19N3O. The van der Waals surface area contributed by atoms with Crippen molar-refractivity contribution >= 4 is 22.1 Å². The molecule has 0 amide bonds. The number of rotatable bonds is 2. The fraction of sp³-hybridized carbons (Fsp3) is 0.400. The van der Waals surface area contributed by atoms with Crippen LogP contribution in [0, 0.1) is 0 Å². The third kappa shape index (κ3) is 2.02. The van der Waals surface area contributed by atoms with Crippen LogP contribution in [0.4, 0.5) is 11.4 Å². The van der Waals surface area contributed by atoms with Crippen molar-refractivity contribution in [3.8, 4) is 0 Å². The first-order valence-electron chi connectivity index (χ1n) is 6.65. The van der Waals surface area contributed by atoms with Crippen molar-refractivity contribution < 1.29 is 4.74 Å². The molecule has 2 N–H and O–H groups in total. The first kappa shape index (κ1) is 12.2. The van der Waals surface area contributed by atoms with Gasteiger partial charge in [-0.15, -0.1) is 0 Å². The lowest BCUT2D eigenvalue weighted by atomic mass is 10.1. The van der Waals surface area contributed by atoms with E-state index in [-0.39, 0.29) is 6.10 Å². The minimum absolute atomic E-state index is 0.248. The van der Waals surface area contributed by atoms with E-state index in [1.165, 1.54) is 0 Å². The lowest BCUT2D eigenvalue weighted by Gasteiger charge is -2.30. The molecule has 0 radical (unpaired) electrons. The average molecular weight is 257 g/mol. The molecule has 1 aliphatic rings. The van der Waals surface area contributed by atoms with Crippen molar-refractivity contribution in [3.63, 3.8) is 0 Å². The van der Waals surface area contributed by atoms with Gasteiger partial charge in [0, 0.05) is 36.8 Å². The van der Waals surface area contributed by atoms with Gasteiger partial charge in [0.25, 0.3) is 0 Å². The summed E-state index contributed by atoms with van der Waals surface area (Å²) in [5, 5.41) is 2.14. The third-order valence-electron chi connectivity index (χ3n) is 4.05. The van der Waals surface area contributed by atoms with Crippen molar-refractivity contribution in [3.05, 3.63) is 30.6 Å². The molecule has 0 aliphatic carbocycles. The third-order valence-corrected chi connectivity index (χ3v) is 4.05. The van der Waals surface area contributed by atoms with Crippen molar-refractivity contribution in [2.24, 2.45) is 0 Å². The first-order valence-corrected chi connectivity index (χ1v) is 6.65. The maximum Gasteiger partial charge on any atom is 0.0750 e. The predicted octanol–water partition coefficient (Wildman–Crippen LogP) is 2.43. The number of nitrogens with two attached hydrogens (primary N) is 1. The van der Waals surface area contributed by atoms with Crippen LogP contribution >= 0.6 is 0 Å². The van der Waals surface area contributed by atoms with E-state index in [4.69, 9.17) is 10.5 Å². The van der Waals surface area contributed by atoms with Crippen LogP contribution in [0.3, 0.4) is 0 Å². The first-order chi connectivity index (χ1) is 9.18. The van der Waals surface area contributed by atoms with Gasteiger partial charge in [0.15, 0.2) is 0 Å². The monoisotopic (exact) mass is 257 g/mol. The minimum Gasteiger partial charge on any atom is -0.397 e. The SMILES string of the molecule is CC1OCCC1N(C)c1ccc2cnccc2c1N. The number of hydrogen-bond acceptors (Lipinski definition) is 4. The molecule has 3 rings (SSSR count). The van der Waals surface area contributed by atoms with Gasteiger partial charge in [0.2, 0.25) is 0 Å². The summed E-state index contributed by atoms with van der Waals surface area (Å²) in [7, 11) is 2.09. The van der Waals surface area contributed by atoms with Gasteiger partial charge in [-0.05, 0) is 25.5 Å². The summed E-state index contributed by atoms with van der Waals surface area (Å²) in [5.74, 6) is 0. The molecule has 4 nitrogen and oxygen atoms in total. The Hall–Kier alpha value is -1.81. The summed E-state index contributed by atoms with van der Waals surface area (Å²) >= 11 is 0. The van der Waals surface area contributed by atoms with Gasteiger partial charge in [0.1, 0.15) is 0 Å². The molecule has 1 aromatic heterocycles. The van der Waals surface area contributed by atoms with Crippen LogP contribution in [0.25, 0.3) is 10.8 Å². The maximum absolute atomic E-state index is 6.32. The highest BCUT2D eigenvalue weighted by Gasteiger charge is 2.29. The highest BCUT2D eigenvalue weighted by Crippen LogP contribution is 2.33.